The van der Waals surface area contributed by atoms with E-state index >= 15 is 0 Å². The van der Waals surface area contributed by atoms with E-state index in [1.165, 1.54) is 23.1 Å². The normalized spacial score (nSPS) is 20.5. The van der Waals surface area contributed by atoms with Gasteiger partial charge in [0.25, 0.3) is 5.91 Å². The molecule has 2 aliphatic rings. The Hall–Kier alpha value is -3.12. The summed E-state index contributed by atoms with van der Waals surface area (Å²) in [5, 5.41) is 22.0. The third kappa shape index (κ3) is 4.71. The second-order valence-corrected chi connectivity index (χ2v) is 8.38. The van der Waals surface area contributed by atoms with Gasteiger partial charge in [0, 0.05) is 28.4 Å². The molecule has 0 saturated carbocycles. The number of rotatable bonds is 8. The quantitative estimate of drug-likeness (QED) is 0.286. The molecule has 3 N–H and O–H groups in total. The van der Waals surface area contributed by atoms with Crippen LogP contribution in [0.5, 0.6) is 0 Å². The maximum atomic E-state index is 12.5. The van der Waals surface area contributed by atoms with Gasteiger partial charge < -0.3 is 20.3 Å². The number of thiophene rings is 1. The summed E-state index contributed by atoms with van der Waals surface area (Å²) in [6.07, 6.45) is 1.43. The first-order valence-electron chi connectivity index (χ1n) is 8.57. The van der Waals surface area contributed by atoms with Crippen molar-refractivity contribution in [2.24, 2.45) is 0 Å². The Labute approximate surface area is 178 Å². The lowest BCUT2D eigenvalue weighted by molar-refractivity contribution is -0.150. The van der Waals surface area contributed by atoms with Gasteiger partial charge in [-0.2, -0.15) is 0 Å². The summed E-state index contributed by atoms with van der Waals surface area (Å²) in [5.41, 5.74) is -0.0833. The third-order valence-corrected chi connectivity index (χ3v) is 6.45. The Kier molecular flexibility index (Phi) is 6.57. The second-order valence-electron chi connectivity index (χ2n) is 6.25. The molecule has 0 unspecified atom stereocenters. The lowest BCUT2D eigenvalue weighted by Gasteiger charge is -2.49. The highest BCUT2D eigenvalue weighted by Gasteiger charge is 2.54. The molecule has 3 rings (SSSR count). The van der Waals surface area contributed by atoms with E-state index in [1.54, 1.807) is 6.07 Å². The van der Waals surface area contributed by atoms with Crippen LogP contribution in [-0.4, -0.2) is 68.6 Å². The average molecular weight is 452 g/mol. The van der Waals surface area contributed by atoms with Gasteiger partial charge in [0.15, 0.2) is 0 Å². The highest BCUT2D eigenvalue weighted by atomic mass is 32.2. The maximum Gasteiger partial charge on any atom is 0.352 e. The number of carbonyl (C=O) groups is 5. The first kappa shape index (κ1) is 21.6. The van der Waals surface area contributed by atoms with Gasteiger partial charge in [0.05, 0.1) is 6.42 Å². The average Bonchev–Trinajstić information content (AvgIpc) is 3.20. The number of aliphatic carboxylic acids is 2. The molecule has 10 nitrogen and oxygen atoms in total. The van der Waals surface area contributed by atoms with Crippen molar-refractivity contribution in [2.45, 2.75) is 17.8 Å². The summed E-state index contributed by atoms with van der Waals surface area (Å²) in [5.74, 6) is -4.35. The van der Waals surface area contributed by atoms with Gasteiger partial charge in [-0.05, 0) is 11.4 Å². The molecule has 1 aromatic heterocycles. The fraction of sp³-hybridized carbons (Fsp3) is 0.278. The minimum Gasteiger partial charge on any atom is -0.478 e. The van der Waals surface area contributed by atoms with Crippen LogP contribution in [0.2, 0.25) is 0 Å². The lowest BCUT2D eigenvalue weighted by Crippen LogP contribution is -2.70. The minimum atomic E-state index is -1.36. The molecular weight excluding hydrogens is 436 g/mol. The first-order valence-corrected chi connectivity index (χ1v) is 10.5. The van der Waals surface area contributed by atoms with Crippen molar-refractivity contribution in [3.63, 3.8) is 0 Å². The van der Waals surface area contributed by atoms with Crippen LogP contribution in [0.15, 0.2) is 40.9 Å². The van der Waals surface area contributed by atoms with Crippen LogP contribution in [-0.2, 0) is 35.1 Å². The molecule has 158 valence electrons. The van der Waals surface area contributed by atoms with Crippen molar-refractivity contribution in [3.8, 4) is 0 Å². The molecule has 2 aliphatic heterocycles. The van der Waals surface area contributed by atoms with E-state index in [4.69, 9.17) is 9.84 Å². The van der Waals surface area contributed by atoms with Crippen LogP contribution in [0.4, 0.5) is 0 Å². The van der Waals surface area contributed by atoms with E-state index in [0.29, 0.717) is 12.2 Å². The summed E-state index contributed by atoms with van der Waals surface area (Å²) < 4.78 is 4.88. The van der Waals surface area contributed by atoms with E-state index in [2.05, 4.69) is 5.32 Å². The zero-order valence-corrected chi connectivity index (χ0v) is 16.9. The van der Waals surface area contributed by atoms with Crippen molar-refractivity contribution in [2.75, 3.05) is 12.4 Å². The lowest BCUT2D eigenvalue weighted by atomic mass is 10.0. The Morgan fingerprint density at radius 1 is 1.27 bits per heavy atom. The highest BCUT2D eigenvalue weighted by Crippen LogP contribution is 2.40. The van der Waals surface area contributed by atoms with E-state index in [9.17, 15) is 29.1 Å². The Bertz CT molecular complexity index is 953. The number of β-lactam (4-membered cyclic amide) rings is 1. The molecule has 1 aromatic rings. The number of esters is 1. The molecule has 1 saturated heterocycles. The number of carboxylic acids is 2. The van der Waals surface area contributed by atoms with E-state index in [-0.39, 0.29) is 29.4 Å². The van der Waals surface area contributed by atoms with Gasteiger partial charge >= 0.3 is 17.9 Å². The molecule has 0 spiro atoms. The molecule has 0 bridgehead atoms. The number of fused-ring (bicyclic) bond motifs is 1. The number of amides is 2. The topological polar surface area (TPSA) is 150 Å². The largest absolute Gasteiger partial charge is 0.478 e. The standard InChI is InChI=1S/C18H16N2O8S2/c21-11(6-10-2-1-5-29-10)19-14-16(25)20-15(18(26)27)9(8-30-17(14)20)7-28-13(24)4-3-12(22)23/h1-5,14,17H,6-8H2,(H,19,21)(H,22,23)(H,26,27)/t14-,17+/m1/s1. The maximum absolute atomic E-state index is 12.5. The number of hydrogen-bond acceptors (Lipinski definition) is 8. The van der Waals surface area contributed by atoms with E-state index in [1.807, 2.05) is 11.4 Å². The monoisotopic (exact) mass is 452 g/mol. The van der Waals surface area contributed by atoms with Crippen LogP contribution in [0, 0.1) is 0 Å². The predicted molar refractivity (Wildman–Crippen MR) is 105 cm³/mol. The number of ether oxygens (including phenoxy) is 1. The minimum absolute atomic E-state index is 0.130. The number of hydrogen-bond donors (Lipinski definition) is 3. The molecule has 0 aliphatic carbocycles. The molecule has 1 fully saturated rings. The van der Waals surface area contributed by atoms with Crippen molar-refractivity contribution in [1.82, 2.24) is 10.2 Å². The fourth-order valence-corrected chi connectivity index (χ4v) is 4.97. The highest BCUT2D eigenvalue weighted by molar-refractivity contribution is 8.00. The van der Waals surface area contributed by atoms with E-state index in [0.717, 1.165) is 9.78 Å². The van der Waals surface area contributed by atoms with Crippen LogP contribution in [0.25, 0.3) is 0 Å². The van der Waals surface area contributed by atoms with Crippen LogP contribution < -0.4 is 5.32 Å². The molecule has 2 atom stereocenters. The molecular formula is C18H16N2O8S2. The van der Waals surface area contributed by atoms with Gasteiger partial charge in [-0.25, -0.2) is 14.4 Å². The number of carboxylic acid groups (broad SMARTS) is 2. The molecule has 3 heterocycles. The van der Waals surface area contributed by atoms with Gasteiger partial charge in [-0.1, -0.05) is 6.07 Å². The Morgan fingerprint density at radius 3 is 2.67 bits per heavy atom. The van der Waals surface area contributed by atoms with Crippen molar-refractivity contribution in [3.05, 3.63) is 45.8 Å². The van der Waals surface area contributed by atoms with Gasteiger partial charge in [0.1, 0.15) is 23.7 Å². The SMILES string of the molecule is O=C(O)C=CC(=O)OCC1=C(C(=O)O)N2C(=O)[C@@H](NC(=O)Cc3cccs3)[C@@H]2SC1. The molecule has 12 heteroatoms. The number of nitrogens with one attached hydrogen (secondary N) is 1. The van der Waals surface area contributed by atoms with Gasteiger partial charge in [-0.15, -0.1) is 23.1 Å². The van der Waals surface area contributed by atoms with Crippen LogP contribution in [0.3, 0.4) is 0 Å². The van der Waals surface area contributed by atoms with Crippen molar-refractivity contribution in [1.29, 1.82) is 0 Å². The molecule has 0 aromatic carbocycles. The van der Waals surface area contributed by atoms with Crippen LogP contribution >= 0.6 is 23.1 Å². The second kappa shape index (κ2) is 9.13. The summed E-state index contributed by atoms with van der Waals surface area (Å²) in [6, 6.07) is 2.79. The summed E-state index contributed by atoms with van der Waals surface area (Å²) in [7, 11) is 0. The van der Waals surface area contributed by atoms with Crippen molar-refractivity contribution >= 4 is 52.8 Å². The molecule has 0 radical (unpaired) electrons. The Morgan fingerprint density at radius 2 is 2.03 bits per heavy atom. The number of carbonyl (C=O) groups excluding carboxylic acids is 3. The third-order valence-electron chi connectivity index (χ3n) is 4.23. The fourth-order valence-electron chi connectivity index (χ4n) is 2.94. The van der Waals surface area contributed by atoms with Gasteiger partial charge in [0.2, 0.25) is 5.91 Å². The zero-order valence-electron chi connectivity index (χ0n) is 15.3. The smallest absolute Gasteiger partial charge is 0.352 e. The van der Waals surface area contributed by atoms with Crippen molar-refractivity contribution < 1.29 is 38.9 Å². The van der Waals surface area contributed by atoms with E-state index < -0.39 is 41.8 Å². The summed E-state index contributed by atoms with van der Waals surface area (Å²) >= 11 is 2.66. The molecule has 30 heavy (non-hydrogen) atoms. The predicted octanol–water partition coefficient (Wildman–Crippen LogP) is 0.213. The molecule has 2 amide bonds. The summed E-state index contributed by atoms with van der Waals surface area (Å²) in [6.45, 7) is -0.399. The zero-order chi connectivity index (χ0) is 21.8. The first-order chi connectivity index (χ1) is 14.3. The number of thioether (sulfide) groups is 1. The summed E-state index contributed by atoms with van der Waals surface area (Å²) in [4.78, 5) is 60.3. The van der Waals surface area contributed by atoms with Crippen LogP contribution in [0.1, 0.15) is 4.88 Å². The number of nitrogens with zero attached hydrogens (tertiary/aromatic N) is 1. The van der Waals surface area contributed by atoms with Gasteiger partial charge in [-0.3, -0.25) is 14.5 Å². The Balaban J connectivity index is 1.65.